The van der Waals surface area contributed by atoms with Gasteiger partial charge in [-0.3, -0.25) is 0 Å². The third kappa shape index (κ3) is 1.87. The maximum atomic E-state index is 8.68. The first-order chi connectivity index (χ1) is 7.26. The third-order valence-corrected chi connectivity index (χ3v) is 2.81. The number of hydrogen-bond donors (Lipinski definition) is 1. The largest absolute Gasteiger partial charge is 0.468 e. The van der Waals surface area contributed by atoms with Crippen molar-refractivity contribution in [1.29, 1.82) is 0 Å². The van der Waals surface area contributed by atoms with E-state index in [1.807, 2.05) is 25.0 Å². The molecule has 0 aliphatic carbocycles. The Morgan fingerprint density at radius 2 is 2.33 bits per heavy atom. The van der Waals surface area contributed by atoms with Gasteiger partial charge in [-0.15, -0.1) is 0 Å². The predicted molar refractivity (Wildman–Crippen MR) is 59.5 cm³/mol. The maximum Gasteiger partial charge on any atom is 0.324 e. The molecule has 0 amide bonds. The summed E-state index contributed by atoms with van der Waals surface area (Å²) < 4.78 is 10.8. The summed E-state index contributed by atoms with van der Waals surface area (Å²) in [7, 11) is 0. The van der Waals surface area contributed by atoms with E-state index in [2.05, 4.69) is 6.92 Å². The van der Waals surface area contributed by atoms with Crippen molar-refractivity contribution in [2.24, 2.45) is 0 Å². The molecule has 0 spiro atoms. The Balaban J connectivity index is 2.32. The molecular weight excluding hydrogens is 191 g/mol. The van der Waals surface area contributed by atoms with Gasteiger partial charge in [0.2, 0.25) is 0 Å². The van der Waals surface area contributed by atoms with Gasteiger partial charge in [0.15, 0.2) is 6.79 Å². The Labute approximate surface area is 90.1 Å². The van der Waals surface area contributed by atoms with E-state index in [0.717, 1.165) is 6.42 Å². The molecule has 0 unspecified atom stereocenters. The van der Waals surface area contributed by atoms with Crippen LogP contribution in [0.4, 0.5) is 0 Å². The molecule has 1 atom stereocenters. The zero-order chi connectivity index (χ0) is 10.8. The first kappa shape index (κ1) is 10.5. The number of fused-ring (bicyclic) bond motifs is 1. The van der Waals surface area contributed by atoms with Gasteiger partial charge >= 0.3 is 6.92 Å². The molecule has 0 saturated carbocycles. The van der Waals surface area contributed by atoms with E-state index in [9.17, 15) is 0 Å². The second kappa shape index (κ2) is 4.25. The Morgan fingerprint density at radius 3 is 3.00 bits per heavy atom. The number of hydrogen-bond acceptors (Lipinski definition) is 3. The van der Waals surface area contributed by atoms with Gasteiger partial charge in [-0.1, -0.05) is 19.8 Å². The van der Waals surface area contributed by atoms with Crippen molar-refractivity contribution in [3.8, 4) is 5.75 Å². The number of benzene rings is 1. The van der Waals surface area contributed by atoms with E-state index in [0.29, 0.717) is 5.75 Å². The van der Waals surface area contributed by atoms with Crippen LogP contribution in [0.1, 0.15) is 25.0 Å². The molecule has 0 radical (unpaired) electrons. The molecule has 1 aromatic rings. The summed E-state index contributed by atoms with van der Waals surface area (Å²) in [6, 6.07) is 5.85. The Hall–Kier alpha value is -0.995. The summed E-state index contributed by atoms with van der Waals surface area (Å²) in [5, 5.41) is 8.68. The molecule has 0 fully saturated rings. The third-order valence-electron chi connectivity index (χ3n) is 2.81. The van der Waals surface area contributed by atoms with E-state index in [4.69, 9.17) is 14.5 Å². The Morgan fingerprint density at radius 1 is 1.53 bits per heavy atom. The molecule has 0 aromatic heterocycles. The monoisotopic (exact) mass is 206 g/mol. The van der Waals surface area contributed by atoms with Gasteiger partial charge in [0.25, 0.3) is 0 Å². The molecule has 2 rings (SSSR count). The first-order valence-corrected chi connectivity index (χ1v) is 5.29. The van der Waals surface area contributed by atoms with Crippen molar-refractivity contribution in [2.75, 3.05) is 6.79 Å². The van der Waals surface area contributed by atoms with Crippen LogP contribution in [0.2, 0.25) is 6.82 Å². The van der Waals surface area contributed by atoms with Crippen LogP contribution in [0.25, 0.3) is 0 Å². The van der Waals surface area contributed by atoms with Gasteiger partial charge in [-0.25, -0.2) is 0 Å². The van der Waals surface area contributed by atoms with Crippen LogP contribution in [0.5, 0.6) is 5.75 Å². The lowest BCUT2D eigenvalue weighted by Gasteiger charge is -2.09. The highest BCUT2D eigenvalue weighted by Crippen LogP contribution is 2.28. The average molecular weight is 206 g/mol. The predicted octanol–water partition coefficient (Wildman–Crippen LogP) is 1.32. The molecule has 1 heterocycles. The molecule has 1 N–H and O–H groups in total. The number of rotatable bonds is 3. The second-order valence-corrected chi connectivity index (χ2v) is 3.74. The topological polar surface area (TPSA) is 38.7 Å². The Kier molecular flexibility index (Phi) is 2.98. The van der Waals surface area contributed by atoms with E-state index in [-0.39, 0.29) is 19.8 Å². The van der Waals surface area contributed by atoms with Crippen LogP contribution < -0.4 is 10.2 Å². The van der Waals surface area contributed by atoms with Gasteiger partial charge in [-0.2, -0.15) is 0 Å². The molecule has 0 bridgehead atoms. The van der Waals surface area contributed by atoms with Crippen LogP contribution in [0.15, 0.2) is 18.2 Å². The highest BCUT2D eigenvalue weighted by Gasteiger charge is 2.30. The number of aliphatic hydroxyl groups excluding tert-OH is 1. The van der Waals surface area contributed by atoms with Crippen molar-refractivity contribution in [3.05, 3.63) is 23.8 Å². The number of aliphatic hydroxyl groups is 1. The quantitative estimate of drug-likeness (QED) is 0.598. The Bertz CT molecular complexity index is 354. The maximum absolute atomic E-state index is 8.68. The van der Waals surface area contributed by atoms with Crippen molar-refractivity contribution in [3.63, 3.8) is 0 Å². The van der Waals surface area contributed by atoms with E-state index >= 15 is 0 Å². The minimum atomic E-state index is -0.286. The summed E-state index contributed by atoms with van der Waals surface area (Å²) >= 11 is 0. The lowest BCUT2D eigenvalue weighted by atomic mass is 9.64. The molecule has 4 heteroatoms. The normalized spacial score (nSPS) is 19.1. The zero-order valence-corrected chi connectivity index (χ0v) is 9.06. The van der Waals surface area contributed by atoms with Crippen LogP contribution in [-0.2, 0) is 4.65 Å². The van der Waals surface area contributed by atoms with Gasteiger partial charge in [0.1, 0.15) is 5.75 Å². The molecule has 0 saturated heterocycles. The van der Waals surface area contributed by atoms with Gasteiger partial charge in [-0.05, 0) is 29.6 Å². The zero-order valence-electron chi connectivity index (χ0n) is 9.06. The van der Waals surface area contributed by atoms with Crippen molar-refractivity contribution >= 4 is 12.4 Å². The highest BCUT2D eigenvalue weighted by atomic mass is 16.6. The van der Waals surface area contributed by atoms with E-state index in [1.54, 1.807) is 0 Å². The van der Waals surface area contributed by atoms with Gasteiger partial charge in [0, 0.05) is 0 Å². The van der Waals surface area contributed by atoms with E-state index in [1.165, 1.54) is 11.0 Å². The van der Waals surface area contributed by atoms with Crippen molar-refractivity contribution in [2.45, 2.75) is 26.3 Å². The SMILES string of the molecule is CC[C@@H]1OB(C)c2cc(OCO)ccc21. The standard InChI is InChI=1S/C11H15BO3/c1-3-11-9-5-4-8(14-7-13)6-10(9)12(2)15-11/h4-6,11,13H,3,7H2,1-2H3/t11-/m0/s1. The molecule has 1 aliphatic rings. The summed E-state index contributed by atoms with van der Waals surface area (Å²) in [6.45, 7) is 3.99. The fourth-order valence-electron chi connectivity index (χ4n) is 2.07. The van der Waals surface area contributed by atoms with Gasteiger partial charge in [0.05, 0.1) is 6.10 Å². The summed E-state index contributed by atoms with van der Waals surface area (Å²) in [4.78, 5) is 0. The molecule has 1 aromatic carbocycles. The minimum Gasteiger partial charge on any atom is -0.468 e. The first-order valence-electron chi connectivity index (χ1n) is 5.29. The highest BCUT2D eigenvalue weighted by molar-refractivity contribution is 6.67. The van der Waals surface area contributed by atoms with Crippen molar-refractivity contribution in [1.82, 2.24) is 0 Å². The smallest absolute Gasteiger partial charge is 0.324 e. The molecular formula is C11H15BO3. The summed E-state index contributed by atoms with van der Waals surface area (Å²) in [6.07, 6.45) is 1.19. The number of ether oxygens (including phenoxy) is 1. The molecule has 80 valence electrons. The second-order valence-electron chi connectivity index (χ2n) is 3.74. The lowest BCUT2D eigenvalue weighted by molar-refractivity contribution is 0.0986. The summed E-state index contributed by atoms with van der Waals surface area (Å²) in [5.74, 6) is 0.698. The summed E-state index contributed by atoms with van der Waals surface area (Å²) in [5.41, 5.74) is 2.42. The molecule has 3 nitrogen and oxygen atoms in total. The van der Waals surface area contributed by atoms with Crippen molar-refractivity contribution < 1.29 is 14.5 Å². The fraction of sp³-hybridized carbons (Fsp3) is 0.455. The van der Waals surface area contributed by atoms with E-state index < -0.39 is 0 Å². The van der Waals surface area contributed by atoms with Crippen LogP contribution in [-0.4, -0.2) is 18.8 Å². The van der Waals surface area contributed by atoms with Crippen LogP contribution in [0, 0.1) is 0 Å². The lowest BCUT2D eigenvalue weighted by Crippen LogP contribution is -2.24. The molecule has 1 aliphatic heterocycles. The minimum absolute atomic E-state index is 0.118. The fourth-order valence-corrected chi connectivity index (χ4v) is 2.07. The average Bonchev–Trinajstić information content (AvgIpc) is 2.56. The van der Waals surface area contributed by atoms with Crippen LogP contribution >= 0.6 is 0 Å². The van der Waals surface area contributed by atoms with Gasteiger partial charge < -0.3 is 14.5 Å². The molecule has 15 heavy (non-hydrogen) atoms. The van der Waals surface area contributed by atoms with Crippen LogP contribution in [0.3, 0.4) is 0 Å².